The van der Waals surface area contributed by atoms with Crippen molar-refractivity contribution >= 4 is 23.4 Å². The Hall–Kier alpha value is -2.15. The minimum atomic E-state index is -4.51. The van der Waals surface area contributed by atoms with Crippen LogP contribution in [0.5, 0.6) is 5.75 Å². The summed E-state index contributed by atoms with van der Waals surface area (Å²) in [4.78, 5) is 12.7. The number of ether oxygens (including phenoxy) is 1. The molecule has 0 aromatic heterocycles. The predicted molar refractivity (Wildman–Crippen MR) is 83.8 cm³/mol. The molecule has 0 aliphatic carbocycles. The van der Waals surface area contributed by atoms with Gasteiger partial charge in [0.1, 0.15) is 5.75 Å². The monoisotopic (exact) mass is 341 g/mol. The molecular formula is C16H14F3NO2S. The first-order chi connectivity index (χ1) is 10.9. The maximum Gasteiger partial charge on any atom is 0.418 e. The second-order valence-corrected chi connectivity index (χ2v) is 5.61. The molecule has 122 valence electrons. The van der Waals surface area contributed by atoms with Crippen molar-refractivity contribution in [3.63, 3.8) is 0 Å². The van der Waals surface area contributed by atoms with Crippen molar-refractivity contribution in [3.05, 3.63) is 54.1 Å². The summed E-state index contributed by atoms with van der Waals surface area (Å²) in [6, 6.07) is 12.0. The Labute approximate surface area is 135 Å². The van der Waals surface area contributed by atoms with E-state index in [2.05, 4.69) is 5.32 Å². The summed E-state index contributed by atoms with van der Waals surface area (Å²) in [5, 5.41) is 2.30. The Kier molecular flexibility index (Phi) is 5.54. The molecular weight excluding hydrogens is 327 g/mol. The minimum Gasteiger partial charge on any atom is -0.497 e. The van der Waals surface area contributed by atoms with E-state index in [-0.39, 0.29) is 11.4 Å². The van der Waals surface area contributed by atoms with Crippen LogP contribution in [0, 0.1) is 0 Å². The summed E-state index contributed by atoms with van der Waals surface area (Å²) < 4.78 is 43.7. The molecule has 1 N–H and O–H groups in total. The fraction of sp³-hybridized carbons (Fsp3) is 0.188. The van der Waals surface area contributed by atoms with E-state index in [9.17, 15) is 18.0 Å². The molecule has 0 fully saturated rings. The lowest BCUT2D eigenvalue weighted by atomic mass is 10.1. The Morgan fingerprint density at radius 3 is 2.61 bits per heavy atom. The summed E-state index contributed by atoms with van der Waals surface area (Å²) in [6.45, 7) is 0. The number of hydrogen-bond acceptors (Lipinski definition) is 3. The lowest BCUT2D eigenvalue weighted by Crippen LogP contribution is -2.18. The highest BCUT2D eigenvalue weighted by Crippen LogP contribution is 2.34. The van der Waals surface area contributed by atoms with Crippen molar-refractivity contribution in [3.8, 4) is 5.75 Å². The van der Waals surface area contributed by atoms with Gasteiger partial charge in [-0.3, -0.25) is 4.79 Å². The zero-order valence-electron chi connectivity index (χ0n) is 12.2. The van der Waals surface area contributed by atoms with E-state index in [0.29, 0.717) is 5.75 Å². The molecule has 2 aromatic carbocycles. The molecule has 3 nitrogen and oxygen atoms in total. The highest BCUT2D eigenvalue weighted by molar-refractivity contribution is 8.00. The largest absolute Gasteiger partial charge is 0.497 e. The predicted octanol–water partition coefficient (Wildman–Crippen LogP) is 4.44. The van der Waals surface area contributed by atoms with Crippen molar-refractivity contribution in [2.24, 2.45) is 0 Å². The quantitative estimate of drug-likeness (QED) is 0.817. The van der Waals surface area contributed by atoms with Gasteiger partial charge in [-0.05, 0) is 30.3 Å². The van der Waals surface area contributed by atoms with Crippen LogP contribution in [0.15, 0.2) is 53.4 Å². The topological polar surface area (TPSA) is 38.3 Å². The average Bonchev–Trinajstić information content (AvgIpc) is 2.52. The Morgan fingerprint density at radius 2 is 1.91 bits per heavy atom. The van der Waals surface area contributed by atoms with Gasteiger partial charge in [0.2, 0.25) is 5.91 Å². The Bertz CT molecular complexity index is 689. The molecule has 0 saturated carbocycles. The third-order valence-electron chi connectivity index (χ3n) is 2.92. The summed E-state index contributed by atoms with van der Waals surface area (Å²) in [5.74, 6) is 0.145. The zero-order chi connectivity index (χ0) is 16.9. The summed E-state index contributed by atoms with van der Waals surface area (Å²) in [5.41, 5.74) is -1.10. The maximum absolute atomic E-state index is 12.9. The van der Waals surface area contributed by atoms with Crippen LogP contribution in [0.4, 0.5) is 18.9 Å². The SMILES string of the molecule is COc1cccc(SCC(=O)Nc2ccccc2C(F)(F)F)c1. The normalized spacial score (nSPS) is 11.1. The van der Waals surface area contributed by atoms with E-state index in [1.165, 1.54) is 37.1 Å². The summed E-state index contributed by atoms with van der Waals surface area (Å²) >= 11 is 1.22. The Balaban J connectivity index is 2.00. The fourth-order valence-corrected chi connectivity index (χ4v) is 2.61. The molecule has 0 saturated heterocycles. The number of amides is 1. The summed E-state index contributed by atoms with van der Waals surface area (Å²) in [7, 11) is 1.53. The van der Waals surface area contributed by atoms with Crippen LogP contribution >= 0.6 is 11.8 Å². The number of nitrogens with one attached hydrogen (secondary N) is 1. The molecule has 0 radical (unpaired) electrons. The van der Waals surface area contributed by atoms with Gasteiger partial charge in [0, 0.05) is 4.90 Å². The second-order valence-electron chi connectivity index (χ2n) is 4.56. The molecule has 0 aliphatic heterocycles. The molecule has 0 aliphatic rings. The van der Waals surface area contributed by atoms with Crippen LogP contribution in [0.2, 0.25) is 0 Å². The van der Waals surface area contributed by atoms with Gasteiger partial charge in [-0.25, -0.2) is 0 Å². The van der Waals surface area contributed by atoms with Gasteiger partial charge < -0.3 is 10.1 Å². The third-order valence-corrected chi connectivity index (χ3v) is 3.91. The van der Waals surface area contributed by atoms with Crippen molar-refractivity contribution < 1.29 is 22.7 Å². The van der Waals surface area contributed by atoms with Gasteiger partial charge in [0.15, 0.2) is 0 Å². The number of benzene rings is 2. The van der Waals surface area contributed by atoms with Crippen LogP contribution in [-0.2, 0) is 11.0 Å². The molecule has 0 heterocycles. The van der Waals surface area contributed by atoms with Crippen LogP contribution in [0.3, 0.4) is 0 Å². The van der Waals surface area contributed by atoms with E-state index in [4.69, 9.17) is 4.74 Å². The third kappa shape index (κ3) is 4.92. The first-order valence-electron chi connectivity index (χ1n) is 6.63. The molecule has 0 bridgehead atoms. The minimum absolute atomic E-state index is 0.000636. The Morgan fingerprint density at radius 1 is 1.17 bits per heavy atom. The number of methoxy groups -OCH3 is 1. The lowest BCUT2D eigenvalue weighted by molar-refractivity contribution is -0.137. The van der Waals surface area contributed by atoms with Gasteiger partial charge in [0.25, 0.3) is 0 Å². The molecule has 0 spiro atoms. The van der Waals surface area contributed by atoms with E-state index >= 15 is 0 Å². The fourth-order valence-electron chi connectivity index (χ4n) is 1.87. The number of para-hydroxylation sites is 1. The number of halogens is 3. The van der Waals surface area contributed by atoms with Crippen LogP contribution < -0.4 is 10.1 Å². The molecule has 1 amide bonds. The number of rotatable bonds is 5. The molecule has 2 aromatic rings. The molecule has 2 rings (SSSR count). The number of thioether (sulfide) groups is 1. The standard InChI is InChI=1S/C16H14F3NO2S/c1-22-11-5-4-6-12(9-11)23-10-15(21)20-14-8-3-2-7-13(14)16(17,18)19/h2-9H,10H2,1H3,(H,20,21). The van der Waals surface area contributed by atoms with Gasteiger partial charge in [-0.2, -0.15) is 13.2 Å². The second kappa shape index (κ2) is 7.41. The number of anilines is 1. The highest BCUT2D eigenvalue weighted by atomic mass is 32.2. The van der Waals surface area contributed by atoms with Crippen LogP contribution in [-0.4, -0.2) is 18.8 Å². The van der Waals surface area contributed by atoms with Gasteiger partial charge in [0.05, 0.1) is 24.1 Å². The zero-order valence-corrected chi connectivity index (χ0v) is 13.0. The average molecular weight is 341 g/mol. The van der Waals surface area contributed by atoms with Gasteiger partial charge in [-0.15, -0.1) is 11.8 Å². The highest BCUT2D eigenvalue weighted by Gasteiger charge is 2.33. The van der Waals surface area contributed by atoms with Crippen LogP contribution in [0.25, 0.3) is 0 Å². The number of alkyl halides is 3. The maximum atomic E-state index is 12.9. The van der Waals surface area contributed by atoms with Crippen molar-refractivity contribution in [1.82, 2.24) is 0 Å². The van der Waals surface area contributed by atoms with Gasteiger partial charge in [-0.1, -0.05) is 18.2 Å². The number of carbonyl (C=O) groups excluding carboxylic acids is 1. The van der Waals surface area contributed by atoms with Crippen molar-refractivity contribution in [1.29, 1.82) is 0 Å². The first kappa shape index (κ1) is 17.2. The van der Waals surface area contributed by atoms with Crippen molar-refractivity contribution in [2.45, 2.75) is 11.1 Å². The molecule has 0 unspecified atom stereocenters. The number of hydrogen-bond donors (Lipinski definition) is 1. The molecule has 0 atom stereocenters. The lowest BCUT2D eigenvalue weighted by Gasteiger charge is -2.13. The van der Waals surface area contributed by atoms with Gasteiger partial charge >= 0.3 is 6.18 Å². The smallest absolute Gasteiger partial charge is 0.418 e. The van der Waals surface area contributed by atoms with Crippen LogP contribution in [0.1, 0.15) is 5.56 Å². The summed E-state index contributed by atoms with van der Waals surface area (Å²) in [6.07, 6.45) is -4.51. The van der Waals surface area contributed by atoms with Crippen molar-refractivity contribution in [2.75, 3.05) is 18.2 Å². The van der Waals surface area contributed by atoms with E-state index < -0.39 is 17.6 Å². The molecule has 7 heteroatoms. The van der Waals surface area contributed by atoms with E-state index in [1.807, 2.05) is 0 Å². The van der Waals surface area contributed by atoms with E-state index in [0.717, 1.165) is 11.0 Å². The number of carbonyl (C=O) groups is 1. The first-order valence-corrected chi connectivity index (χ1v) is 7.61. The van der Waals surface area contributed by atoms with E-state index in [1.54, 1.807) is 24.3 Å². The molecule has 23 heavy (non-hydrogen) atoms.